The lowest BCUT2D eigenvalue weighted by molar-refractivity contribution is -0.126. The number of nitrogens with zero attached hydrogens (tertiary/aromatic N) is 3. The van der Waals surface area contributed by atoms with Crippen molar-refractivity contribution in [2.75, 3.05) is 44.6 Å². The number of methoxy groups -OCH3 is 3. The minimum absolute atomic E-state index is 0.0547. The van der Waals surface area contributed by atoms with Gasteiger partial charge in [0, 0.05) is 37.1 Å². The lowest BCUT2D eigenvalue weighted by atomic mass is 9.97. The highest BCUT2D eigenvalue weighted by Crippen LogP contribution is 2.40. The fourth-order valence-corrected chi connectivity index (χ4v) is 4.28. The predicted molar refractivity (Wildman–Crippen MR) is 138 cm³/mol. The quantitative estimate of drug-likeness (QED) is 0.386. The van der Waals surface area contributed by atoms with Gasteiger partial charge in [-0.2, -0.15) is 4.98 Å². The molecule has 1 fully saturated rings. The average Bonchev–Trinajstić information content (AvgIpc) is 2.93. The standard InChI is InChI=1S/C26H32N6O4/c1-34-20-14-19(15-21(35-2)23(20)36-3)29-26-28-12-11-22(30-26)32-13-7-10-18(16-32)25(33)31-24(27)17-8-5-4-6-9-17/h4-6,8-9,11-12,14-15,18,24H,7,10,13,16,27H2,1-3H3,(H,31,33)(H,28,29,30)/t18-,24?/m0/s1. The van der Waals surface area contributed by atoms with E-state index in [1.165, 1.54) is 0 Å². The Hall–Kier alpha value is -4.05. The molecule has 1 aromatic heterocycles. The molecule has 2 atom stereocenters. The van der Waals surface area contributed by atoms with E-state index in [0.717, 1.165) is 30.8 Å². The molecule has 1 amide bonds. The molecule has 0 bridgehead atoms. The third-order valence-corrected chi connectivity index (χ3v) is 6.13. The van der Waals surface area contributed by atoms with Gasteiger partial charge in [-0.05, 0) is 24.5 Å². The fraction of sp³-hybridized carbons (Fsp3) is 0.346. The minimum atomic E-state index is -0.539. The van der Waals surface area contributed by atoms with Crippen molar-refractivity contribution in [3.63, 3.8) is 0 Å². The third kappa shape index (κ3) is 5.77. The van der Waals surface area contributed by atoms with E-state index in [1.807, 2.05) is 36.4 Å². The molecule has 1 saturated heterocycles. The van der Waals surface area contributed by atoms with Crippen LogP contribution >= 0.6 is 0 Å². The zero-order valence-corrected chi connectivity index (χ0v) is 20.7. The highest BCUT2D eigenvalue weighted by Gasteiger charge is 2.28. The molecule has 0 spiro atoms. The number of nitrogens with two attached hydrogens (primary N) is 1. The molecule has 1 aliphatic heterocycles. The largest absolute Gasteiger partial charge is 0.493 e. The molecule has 4 rings (SSSR count). The molecule has 4 N–H and O–H groups in total. The highest BCUT2D eigenvalue weighted by atomic mass is 16.5. The van der Waals surface area contributed by atoms with Gasteiger partial charge in [0.2, 0.25) is 17.6 Å². The van der Waals surface area contributed by atoms with Gasteiger partial charge in [-0.15, -0.1) is 0 Å². The molecular weight excluding hydrogens is 460 g/mol. The number of piperidine rings is 1. The normalized spacial score (nSPS) is 16.1. The van der Waals surface area contributed by atoms with Crippen LogP contribution in [0.25, 0.3) is 0 Å². The van der Waals surface area contributed by atoms with Gasteiger partial charge in [-0.3, -0.25) is 4.79 Å². The first-order valence-electron chi connectivity index (χ1n) is 11.8. The molecule has 1 aliphatic rings. The second-order valence-corrected chi connectivity index (χ2v) is 8.46. The molecule has 36 heavy (non-hydrogen) atoms. The van der Waals surface area contributed by atoms with Crippen LogP contribution < -0.4 is 35.5 Å². The van der Waals surface area contributed by atoms with Gasteiger partial charge in [0.25, 0.3) is 0 Å². The third-order valence-electron chi connectivity index (χ3n) is 6.13. The summed E-state index contributed by atoms with van der Waals surface area (Å²) in [5, 5.41) is 6.15. The summed E-state index contributed by atoms with van der Waals surface area (Å²) in [5.74, 6) is 2.47. The van der Waals surface area contributed by atoms with Crippen LogP contribution in [-0.2, 0) is 4.79 Å². The van der Waals surface area contributed by atoms with Gasteiger partial charge in [-0.25, -0.2) is 4.98 Å². The van der Waals surface area contributed by atoms with Crippen molar-refractivity contribution in [1.29, 1.82) is 0 Å². The Bertz CT molecular complexity index is 1150. The van der Waals surface area contributed by atoms with Crippen molar-refractivity contribution in [3.05, 3.63) is 60.3 Å². The van der Waals surface area contributed by atoms with Crippen molar-refractivity contribution in [2.24, 2.45) is 11.7 Å². The van der Waals surface area contributed by atoms with Crippen LogP contribution in [0.4, 0.5) is 17.5 Å². The van der Waals surface area contributed by atoms with E-state index >= 15 is 0 Å². The Kier molecular flexibility index (Phi) is 8.06. The Morgan fingerprint density at radius 3 is 2.47 bits per heavy atom. The summed E-state index contributed by atoms with van der Waals surface area (Å²) in [7, 11) is 4.68. The summed E-state index contributed by atoms with van der Waals surface area (Å²) < 4.78 is 16.2. The van der Waals surface area contributed by atoms with Crippen LogP contribution in [0.1, 0.15) is 24.6 Å². The molecule has 2 heterocycles. The maximum Gasteiger partial charge on any atom is 0.229 e. The maximum absolute atomic E-state index is 12.9. The lowest BCUT2D eigenvalue weighted by Crippen LogP contribution is -2.45. The van der Waals surface area contributed by atoms with Crippen LogP contribution in [-0.4, -0.2) is 50.3 Å². The van der Waals surface area contributed by atoms with Gasteiger partial charge in [-0.1, -0.05) is 30.3 Å². The van der Waals surface area contributed by atoms with Crippen LogP contribution in [0.5, 0.6) is 17.2 Å². The summed E-state index contributed by atoms with van der Waals surface area (Å²) in [5.41, 5.74) is 7.76. The van der Waals surface area contributed by atoms with Gasteiger partial charge < -0.3 is 35.5 Å². The van der Waals surface area contributed by atoms with Crippen molar-refractivity contribution >= 4 is 23.4 Å². The molecule has 0 radical (unpaired) electrons. The number of carbonyl (C=O) groups excluding carboxylic acids is 1. The van der Waals surface area contributed by atoms with Crippen molar-refractivity contribution < 1.29 is 19.0 Å². The second kappa shape index (κ2) is 11.6. The number of nitrogens with one attached hydrogen (secondary N) is 2. The molecule has 3 aromatic rings. The van der Waals surface area contributed by atoms with E-state index in [2.05, 4.69) is 25.5 Å². The predicted octanol–water partition coefficient (Wildman–Crippen LogP) is 3.24. The van der Waals surface area contributed by atoms with Crippen molar-refractivity contribution in [1.82, 2.24) is 15.3 Å². The van der Waals surface area contributed by atoms with E-state index in [9.17, 15) is 4.79 Å². The van der Waals surface area contributed by atoms with Crippen LogP contribution in [0, 0.1) is 5.92 Å². The highest BCUT2D eigenvalue weighted by molar-refractivity contribution is 5.80. The summed E-state index contributed by atoms with van der Waals surface area (Å²) in [6, 6.07) is 15.0. The first-order valence-corrected chi connectivity index (χ1v) is 11.8. The topological polar surface area (TPSA) is 124 Å². The molecule has 190 valence electrons. The Morgan fingerprint density at radius 2 is 1.81 bits per heavy atom. The molecule has 0 aliphatic carbocycles. The molecule has 1 unspecified atom stereocenters. The Labute approximate surface area is 210 Å². The van der Waals surface area contributed by atoms with Crippen LogP contribution in [0.2, 0.25) is 0 Å². The van der Waals surface area contributed by atoms with Gasteiger partial charge in [0.05, 0.1) is 27.2 Å². The monoisotopic (exact) mass is 492 g/mol. The van der Waals surface area contributed by atoms with Crippen LogP contribution in [0.15, 0.2) is 54.7 Å². The lowest BCUT2D eigenvalue weighted by Gasteiger charge is -2.33. The summed E-state index contributed by atoms with van der Waals surface area (Å²) in [6.45, 7) is 1.35. The number of aromatic nitrogens is 2. The number of amides is 1. The maximum atomic E-state index is 12.9. The van der Waals surface area contributed by atoms with Crippen LogP contribution in [0.3, 0.4) is 0 Å². The van der Waals surface area contributed by atoms with Gasteiger partial charge in [0.15, 0.2) is 11.5 Å². The summed E-state index contributed by atoms with van der Waals surface area (Å²) >= 11 is 0. The number of carbonyl (C=O) groups is 1. The number of anilines is 3. The first-order chi connectivity index (χ1) is 17.5. The van der Waals surface area contributed by atoms with E-state index in [1.54, 1.807) is 39.7 Å². The molecule has 0 saturated carbocycles. The van der Waals surface area contributed by atoms with E-state index in [-0.39, 0.29) is 11.8 Å². The Morgan fingerprint density at radius 1 is 1.08 bits per heavy atom. The molecule has 10 heteroatoms. The SMILES string of the molecule is COc1cc(Nc2nccc(N3CCC[C@H](C(=O)NC(N)c4ccccc4)C3)n2)cc(OC)c1OC. The van der Waals surface area contributed by atoms with E-state index in [0.29, 0.717) is 35.4 Å². The fourth-order valence-electron chi connectivity index (χ4n) is 4.28. The molecule has 10 nitrogen and oxygen atoms in total. The number of hydrogen-bond acceptors (Lipinski definition) is 9. The smallest absolute Gasteiger partial charge is 0.229 e. The Balaban J connectivity index is 1.45. The zero-order chi connectivity index (χ0) is 25.5. The molecular formula is C26H32N6O4. The zero-order valence-electron chi connectivity index (χ0n) is 20.7. The number of ether oxygens (including phenoxy) is 3. The average molecular weight is 493 g/mol. The van der Waals surface area contributed by atoms with E-state index < -0.39 is 6.17 Å². The minimum Gasteiger partial charge on any atom is -0.493 e. The first kappa shape index (κ1) is 25.1. The van der Waals surface area contributed by atoms with Crippen molar-refractivity contribution in [3.8, 4) is 17.2 Å². The summed E-state index contributed by atoms with van der Waals surface area (Å²) in [6.07, 6.45) is 2.82. The number of hydrogen-bond donors (Lipinski definition) is 3. The number of rotatable bonds is 9. The van der Waals surface area contributed by atoms with Gasteiger partial charge >= 0.3 is 0 Å². The molecule has 2 aromatic carbocycles. The summed E-state index contributed by atoms with van der Waals surface area (Å²) in [4.78, 5) is 24.1. The van der Waals surface area contributed by atoms with E-state index in [4.69, 9.17) is 19.9 Å². The number of benzene rings is 2. The second-order valence-electron chi connectivity index (χ2n) is 8.46. The van der Waals surface area contributed by atoms with Gasteiger partial charge in [0.1, 0.15) is 12.0 Å². The van der Waals surface area contributed by atoms with Crippen molar-refractivity contribution in [2.45, 2.75) is 19.0 Å².